The molecule has 0 aromatic heterocycles. The van der Waals surface area contributed by atoms with Gasteiger partial charge in [0.25, 0.3) is 0 Å². The van der Waals surface area contributed by atoms with Gasteiger partial charge in [0, 0.05) is 36.8 Å². The first kappa shape index (κ1) is 36.7. The van der Waals surface area contributed by atoms with Gasteiger partial charge in [-0.2, -0.15) is 0 Å². The lowest BCUT2D eigenvalue weighted by Gasteiger charge is -2.23. The van der Waals surface area contributed by atoms with Crippen molar-refractivity contribution >= 4 is 11.6 Å². The molecule has 0 heterocycles. The van der Waals surface area contributed by atoms with Crippen molar-refractivity contribution < 1.29 is 28.5 Å². The third kappa shape index (κ3) is 8.58. The van der Waals surface area contributed by atoms with Gasteiger partial charge < -0.3 is 18.9 Å². The Morgan fingerprint density at radius 3 is 0.940 bits per heavy atom. The molecule has 1 aliphatic carbocycles. The highest BCUT2D eigenvalue weighted by molar-refractivity contribution is 5.95. The number of carbonyl (C=O) groups excluding carboxylic acids is 2. The molecule has 0 N–H and O–H groups in total. The molecule has 5 rings (SSSR count). The summed E-state index contributed by atoms with van der Waals surface area (Å²) in [6.45, 7) is 13.9. The molecule has 1 aliphatic rings. The standard InChI is InChI=1S/C44H52O6/c1-7-17-47-41-31-13-11-15-33(41)22-37-24-35(29(5)45)26-39(43(37)49-19-9-3)28-40-27-36(30(6)46)25-38(44(40)50-20-10-4)23-34-16-12-14-32(21-31)42(34)48-18-8-2/h11-16,24-27H,7-10,17-23,28H2,1-6H3. The van der Waals surface area contributed by atoms with Gasteiger partial charge in [-0.1, -0.05) is 64.1 Å². The number of Topliss-reactive ketones (excluding diaryl/α,β-unsaturated/α-hetero) is 2. The molecule has 0 amide bonds. The van der Waals surface area contributed by atoms with Gasteiger partial charge >= 0.3 is 0 Å². The summed E-state index contributed by atoms with van der Waals surface area (Å²) >= 11 is 0. The van der Waals surface area contributed by atoms with E-state index in [1.165, 1.54) is 0 Å². The van der Waals surface area contributed by atoms with Crippen LogP contribution in [0, 0.1) is 0 Å². The predicted octanol–water partition coefficient (Wildman–Crippen LogP) is 9.92. The van der Waals surface area contributed by atoms with Crippen molar-refractivity contribution in [2.75, 3.05) is 26.4 Å². The topological polar surface area (TPSA) is 71.1 Å². The molecule has 8 bridgehead atoms. The number of carbonyl (C=O) groups is 2. The van der Waals surface area contributed by atoms with Crippen molar-refractivity contribution in [1.29, 1.82) is 0 Å². The zero-order chi connectivity index (χ0) is 35.6. The van der Waals surface area contributed by atoms with E-state index < -0.39 is 0 Å². The van der Waals surface area contributed by atoms with Gasteiger partial charge in [-0.25, -0.2) is 0 Å². The van der Waals surface area contributed by atoms with Crippen LogP contribution in [0.3, 0.4) is 0 Å². The molecule has 0 spiro atoms. The third-order valence-corrected chi connectivity index (χ3v) is 8.98. The molecule has 0 saturated carbocycles. The summed E-state index contributed by atoms with van der Waals surface area (Å²) < 4.78 is 26.2. The predicted molar refractivity (Wildman–Crippen MR) is 200 cm³/mol. The molecule has 0 atom stereocenters. The number of hydrogen-bond donors (Lipinski definition) is 0. The van der Waals surface area contributed by atoms with E-state index in [9.17, 15) is 9.59 Å². The van der Waals surface area contributed by atoms with Gasteiger partial charge in [0.15, 0.2) is 11.6 Å². The Morgan fingerprint density at radius 2 is 0.680 bits per heavy atom. The summed E-state index contributed by atoms with van der Waals surface area (Å²) in [7, 11) is 0. The second-order valence-corrected chi connectivity index (χ2v) is 13.3. The summed E-state index contributed by atoms with van der Waals surface area (Å²) in [5.41, 5.74) is 9.12. The van der Waals surface area contributed by atoms with Crippen LogP contribution in [0.25, 0.3) is 0 Å². The minimum Gasteiger partial charge on any atom is -0.493 e. The highest BCUT2D eigenvalue weighted by Gasteiger charge is 2.24. The lowest BCUT2D eigenvalue weighted by Crippen LogP contribution is -2.11. The van der Waals surface area contributed by atoms with Crippen molar-refractivity contribution in [2.24, 2.45) is 0 Å². The lowest BCUT2D eigenvalue weighted by atomic mass is 9.89. The van der Waals surface area contributed by atoms with Crippen LogP contribution in [-0.2, 0) is 25.7 Å². The first-order valence-corrected chi connectivity index (χ1v) is 18.3. The van der Waals surface area contributed by atoms with E-state index in [1.807, 2.05) is 24.3 Å². The van der Waals surface area contributed by atoms with Crippen LogP contribution < -0.4 is 18.9 Å². The number of fused-ring (bicyclic) bond motifs is 8. The quantitative estimate of drug-likeness (QED) is 0.109. The van der Waals surface area contributed by atoms with Crippen LogP contribution in [0.15, 0.2) is 60.7 Å². The number of rotatable bonds is 14. The molecular formula is C44H52O6. The van der Waals surface area contributed by atoms with Crippen molar-refractivity contribution in [3.63, 3.8) is 0 Å². The van der Waals surface area contributed by atoms with Crippen molar-refractivity contribution in [2.45, 2.75) is 92.9 Å². The van der Waals surface area contributed by atoms with Crippen LogP contribution >= 0.6 is 0 Å². The van der Waals surface area contributed by atoms with Gasteiger partial charge in [0.1, 0.15) is 23.0 Å². The van der Waals surface area contributed by atoms with Crippen LogP contribution in [0.2, 0.25) is 0 Å². The zero-order valence-corrected chi connectivity index (χ0v) is 30.7. The lowest BCUT2D eigenvalue weighted by molar-refractivity contribution is 0.100. The normalized spacial score (nSPS) is 12.3. The fraction of sp³-hybridized carbons (Fsp3) is 0.409. The van der Waals surface area contributed by atoms with E-state index in [4.69, 9.17) is 18.9 Å². The summed E-state index contributed by atoms with van der Waals surface area (Å²) in [5.74, 6) is 3.25. The van der Waals surface area contributed by atoms with Crippen LogP contribution in [0.4, 0.5) is 0 Å². The van der Waals surface area contributed by atoms with Crippen LogP contribution in [0.5, 0.6) is 23.0 Å². The van der Waals surface area contributed by atoms with Crippen LogP contribution in [0.1, 0.15) is 132 Å². The maximum Gasteiger partial charge on any atom is 0.159 e. The largest absolute Gasteiger partial charge is 0.493 e. The molecule has 6 heteroatoms. The highest BCUT2D eigenvalue weighted by Crippen LogP contribution is 2.40. The molecule has 4 aromatic carbocycles. The minimum atomic E-state index is -0.0149. The monoisotopic (exact) mass is 676 g/mol. The number of ketones is 2. The molecule has 0 saturated heterocycles. The summed E-state index contributed by atoms with van der Waals surface area (Å²) in [4.78, 5) is 26.1. The molecule has 264 valence electrons. The van der Waals surface area contributed by atoms with Crippen molar-refractivity contribution in [3.05, 3.63) is 116 Å². The van der Waals surface area contributed by atoms with E-state index in [-0.39, 0.29) is 11.6 Å². The van der Waals surface area contributed by atoms with Gasteiger partial charge in [0.2, 0.25) is 0 Å². The molecule has 0 radical (unpaired) electrons. The summed E-state index contributed by atoms with van der Waals surface area (Å²) in [5, 5.41) is 0. The second kappa shape index (κ2) is 17.4. The molecule has 0 fully saturated rings. The Bertz CT molecular complexity index is 1690. The molecule has 0 aliphatic heterocycles. The molecule has 6 nitrogen and oxygen atoms in total. The molecule has 0 unspecified atom stereocenters. The Balaban J connectivity index is 1.86. The molecule has 50 heavy (non-hydrogen) atoms. The average Bonchev–Trinajstić information content (AvgIpc) is 3.09. The van der Waals surface area contributed by atoms with Crippen molar-refractivity contribution in [3.8, 4) is 23.0 Å². The minimum absolute atomic E-state index is 0.0149. The summed E-state index contributed by atoms with van der Waals surface area (Å²) in [6.07, 6.45) is 5.53. The Kier molecular flexibility index (Phi) is 12.8. The second-order valence-electron chi connectivity index (χ2n) is 13.3. The van der Waals surface area contributed by atoms with E-state index in [1.54, 1.807) is 13.8 Å². The van der Waals surface area contributed by atoms with Crippen molar-refractivity contribution in [1.82, 2.24) is 0 Å². The van der Waals surface area contributed by atoms with E-state index in [0.29, 0.717) is 63.2 Å². The fourth-order valence-electron chi connectivity index (χ4n) is 6.65. The SMILES string of the molecule is CCCOc1c2cccc1Cc1cc(C(C)=O)cc(c1OCCC)Cc1cc(C(C)=O)cc(c1OCCC)Cc1cccc(c1OCCC)C2. The Hall–Kier alpha value is -4.58. The summed E-state index contributed by atoms with van der Waals surface area (Å²) in [6, 6.07) is 20.6. The third-order valence-electron chi connectivity index (χ3n) is 8.98. The zero-order valence-electron chi connectivity index (χ0n) is 30.7. The van der Waals surface area contributed by atoms with Crippen LogP contribution in [-0.4, -0.2) is 38.0 Å². The first-order valence-electron chi connectivity index (χ1n) is 18.3. The highest BCUT2D eigenvalue weighted by atomic mass is 16.5. The molecular weight excluding hydrogens is 624 g/mol. The number of hydrogen-bond acceptors (Lipinski definition) is 6. The van der Waals surface area contributed by atoms with Gasteiger partial charge in [-0.05, 0) is 108 Å². The Labute approximate surface area is 298 Å². The van der Waals surface area contributed by atoms with Gasteiger partial charge in [0.05, 0.1) is 26.4 Å². The maximum absolute atomic E-state index is 13.0. The van der Waals surface area contributed by atoms with E-state index in [2.05, 4.69) is 64.1 Å². The smallest absolute Gasteiger partial charge is 0.159 e. The molecule has 4 aromatic rings. The maximum atomic E-state index is 13.0. The number of para-hydroxylation sites is 2. The number of ether oxygens (including phenoxy) is 4. The van der Waals surface area contributed by atoms with E-state index in [0.717, 1.165) is 93.2 Å². The van der Waals surface area contributed by atoms with Gasteiger partial charge in [-0.15, -0.1) is 0 Å². The fourth-order valence-corrected chi connectivity index (χ4v) is 6.65. The first-order chi connectivity index (χ1) is 24.3. The Morgan fingerprint density at radius 1 is 0.440 bits per heavy atom. The average molecular weight is 677 g/mol. The van der Waals surface area contributed by atoms with E-state index >= 15 is 0 Å². The van der Waals surface area contributed by atoms with Gasteiger partial charge in [-0.3, -0.25) is 9.59 Å². The number of benzene rings is 4.